The van der Waals surface area contributed by atoms with Crippen molar-refractivity contribution in [2.45, 2.75) is 32.0 Å². The van der Waals surface area contributed by atoms with Crippen LogP contribution in [-0.2, 0) is 4.74 Å². The Balaban J connectivity index is 1.85. The summed E-state index contributed by atoms with van der Waals surface area (Å²) in [6, 6.07) is 7.17. The van der Waals surface area contributed by atoms with Gasteiger partial charge in [-0.15, -0.1) is 0 Å². The molecular weight excluding hydrogens is 216 g/mol. The predicted molar refractivity (Wildman–Crippen MR) is 67.0 cm³/mol. The minimum absolute atomic E-state index is 0.292. The number of hydrogen-bond donors (Lipinski definition) is 2. The molecule has 2 atom stereocenters. The maximum absolute atomic E-state index is 10.9. The summed E-state index contributed by atoms with van der Waals surface area (Å²) in [5, 5.41) is 3.30. The van der Waals surface area contributed by atoms with Crippen LogP contribution in [0.1, 0.15) is 30.1 Å². The molecule has 4 nitrogen and oxygen atoms in total. The molecule has 0 aliphatic carbocycles. The molecule has 0 spiro atoms. The zero-order valence-corrected chi connectivity index (χ0v) is 9.98. The Bertz CT molecular complexity index is 389. The van der Waals surface area contributed by atoms with E-state index in [4.69, 9.17) is 10.5 Å². The van der Waals surface area contributed by atoms with Crippen LogP contribution in [0.25, 0.3) is 0 Å². The van der Waals surface area contributed by atoms with Crippen LogP contribution in [0.3, 0.4) is 0 Å². The number of hydrogen-bond acceptors (Lipinski definition) is 3. The van der Waals surface area contributed by atoms with E-state index in [0.29, 0.717) is 17.8 Å². The van der Waals surface area contributed by atoms with Crippen LogP contribution in [0.4, 0.5) is 5.69 Å². The Morgan fingerprint density at radius 1 is 1.41 bits per heavy atom. The van der Waals surface area contributed by atoms with Gasteiger partial charge in [0.15, 0.2) is 0 Å². The van der Waals surface area contributed by atoms with E-state index < -0.39 is 5.91 Å². The summed E-state index contributed by atoms with van der Waals surface area (Å²) >= 11 is 0. The summed E-state index contributed by atoms with van der Waals surface area (Å²) in [6.07, 6.45) is 2.90. The summed E-state index contributed by atoms with van der Waals surface area (Å²) in [5.41, 5.74) is 6.69. The van der Waals surface area contributed by atoms with Crippen LogP contribution in [0, 0.1) is 0 Å². The zero-order chi connectivity index (χ0) is 12.3. The molecule has 3 N–H and O–H groups in total. The van der Waals surface area contributed by atoms with E-state index >= 15 is 0 Å². The lowest BCUT2D eigenvalue weighted by atomic mass is 10.2. The summed E-state index contributed by atoms with van der Waals surface area (Å²) in [5.74, 6) is -0.399. The first-order valence-electron chi connectivity index (χ1n) is 5.94. The lowest BCUT2D eigenvalue weighted by Crippen LogP contribution is -2.19. The maximum Gasteiger partial charge on any atom is 0.248 e. The topological polar surface area (TPSA) is 64.3 Å². The van der Waals surface area contributed by atoms with Gasteiger partial charge >= 0.3 is 0 Å². The second-order valence-electron chi connectivity index (χ2n) is 4.47. The number of rotatable bonds is 4. The molecule has 1 amide bonds. The fourth-order valence-electron chi connectivity index (χ4n) is 2.02. The highest BCUT2D eigenvalue weighted by atomic mass is 16.5. The second-order valence-corrected chi connectivity index (χ2v) is 4.47. The van der Waals surface area contributed by atoms with Gasteiger partial charge in [-0.05, 0) is 44.0 Å². The molecule has 92 valence electrons. The smallest absolute Gasteiger partial charge is 0.248 e. The number of nitrogens with one attached hydrogen (secondary N) is 1. The van der Waals surface area contributed by atoms with Crippen LogP contribution in [0.15, 0.2) is 24.3 Å². The van der Waals surface area contributed by atoms with Crippen molar-refractivity contribution in [1.82, 2.24) is 0 Å². The van der Waals surface area contributed by atoms with E-state index in [0.717, 1.165) is 25.1 Å². The Labute approximate surface area is 101 Å². The van der Waals surface area contributed by atoms with Crippen LogP contribution in [0.5, 0.6) is 0 Å². The molecule has 1 aliphatic rings. The van der Waals surface area contributed by atoms with Crippen molar-refractivity contribution in [3.63, 3.8) is 0 Å². The molecule has 1 fully saturated rings. The molecule has 0 saturated carbocycles. The number of ether oxygens (including phenoxy) is 1. The Morgan fingerprint density at radius 3 is 2.65 bits per heavy atom. The standard InChI is InChI=1S/C13H18N2O2/c1-9-2-7-12(17-9)8-15-11-5-3-10(4-6-11)13(14)16/h3-6,9,12,15H,2,7-8H2,1H3,(H2,14,16). The predicted octanol–water partition coefficient (Wildman–Crippen LogP) is 1.76. The number of carbonyl (C=O) groups excluding carboxylic acids is 1. The molecule has 0 aromatic heterocycles. The van der Waals surface area contributed by atoms with Crippen LogP contribution in [-0.4, -0.2) is 24.7 Å². The lowest BCUT2D eigenvalue weighted by molar-refractivity contribution is 0.0637. The minimum Gasteiger partial charge on any atom is -0.382 e. The van der Waals surface area contributed by atoms with Gasteiger partial charge in [-0.1, -0.05) is 0 Å². The zero-order valence-electron chi connectivity index (χ0n) is 9.98. The SMILES string of the molecule is CC1CCC(CNc2ccc(C(N)=O)cc2)O1. The Morgan fingerprint density at radius 2 is 2.12 bits per heavy atom. The molecule has 4 heteroatoms. The van der Waals surface area contributed by atoms with Gasteiger partial charge in [0.25, 0.3) is 0 Å². The monoisotopic (exact) mass is 234 g/mol. The van der Waals surface area contributed by atoms with Crippen molar-refractivity contribution >= 4 is 11.6 Å². The Kier molecular flexibility index (Phi) is 3.64. The molecule has 2 unspecified atom stereocenters. The van der Waals surface area contributed by atoms with Gasteiger partial charge in [-0.2, -0.15) is 0 Å². The summed E-state index contributed by atoms with van der Waals surface area (Å²) in [6.45, 7) is 2.90. The number of carbonyl (C=O) groups is 1. The molecule has 1 aliphatic heterocycles. The first-order chi connectivity index (χ1) is 8.15. The molecule has 1 aromatic carbocycles. The quantitative estimate of drug-likeness (QED) is 0.834. The van der Waals surface area contributed by atoms with E-state index in [1.165, 1.54) is 0 Å². The fraction of sp³-hybridized carbons (Fsp3) is 0.462. The molecule has 2 rings (SSSR count). The van der Waals surface area contributed by atoms with Crippen LogP contribution in [0.2, 0.25) is 0 Å². The van der Waals surface area contributed by atoms with Crippen molar-refractivity contribution in [2.24, 2.45) is 5.73 Å². The number of nitrogens with two attached hydrogens (primary N) is 1. The first-order valence-corrected chi connectivity index (χ1v) is 5.94. The van der Waals surface area contributed by atoms with Crippen molar-refractivity contribution in [3.05, 3.63) is 29.8 Å². The highest BCUT2D eigenvalue weighted by Crippen LogP contribution is 2.19. The van der Waals surface area contributed by atoms with E-state index in [2.05, 4.69) is 12.2 Å². The van der Waals surface area contributed by atoms with Crippen LogP contribution >= 0.6 is 0 Å². The molecule has 0 radical (unpaired) electrons. The number of amides is 1. The highest BCUT2D eigenvalue weighted by molar-refractivity contribution is 5.93. The third kappa shape index (κ3) is 3.20. The number of anilines is 1. The number of benzene rings is 1. The summed E-state index contributed by atoms with van der Waals surface area (Å²) in [7, 11) is 0. The lowest BCUT2D eigenvalue weighted by Gasteiger charge is -2.13. The largest absolute Gasteiger partial charge is 0.382 e. The van der Waals surface area contributed by atoms with Gasteiger partial charge < -0.3 is 15.8 Å². The third-order valence-electron chi connectivity index (χ3n) is 3.02. The molecule has 17 heavy (non-hydrogen) atoms. The van der Waals surface area contributed by atoms with E-state index in [1.807, 2.05) is 12.1 Å². The second kappa shape index (κ2) is 5.19. The van der Waals surface area contributed by atoms with Gasteiger partial charge in [-0.25, -0.2) is 0 Å². The summed E-state index contributed by atoms with van der Waals surface area (Å²) < 4.78 is 5.71. The van der Waals surface area contributed by atoms with Crippen molar-refractivity contribution in [2.75, 3.05) is 11.9 Å². The maximum atomic E-state index is 10.9. The minimum atomic E-state index is -0.399. The van der Waals surface area contributed by atoms with Gasteiger partial charge in [-0.3, -0.25) is 4.79 Å². The van der Waals surface area contributed by atoms with Gasteiger partial charge in [0.2, 0.25) is 5.91 Å². The normalized spacial score (nSPS) is 23.6. The fourth-order valence-corrected chi connectivity index (χ4v) is 2.02. The molecule has 1 saturated heterocycles. The van der Waals surface area contributed by atoms with Crippen molar-refractivity contribution in [3.8, 4) is 0 Å². The average Bonchev–Trinajstić information content (AvgIpc) is 2.73. The van der Waals surface area contributed by atoms with Crippen molar-refractivity contribution < 1.29 is 9.53 Å². The highest BCUT2D eigenvalue weighted by Gasteiger charge is 2.21. The Hall–Kier alpha value is -1.55. The van der Waals surface area contributed by atoms with Gasteiger partial charge in [0.05, 0.1) is 12.2 Å². The van der Waals surface area contributed by atoms with E-state index in [1.54, 1.807) is 12.1 Å². The molecule has 1 heterocycles. The average molecular weight is 234 g/mol. The summed E-state index contributed by atoms with van der Waals surface area (Å²) in [4.78, 5) is 10.9. The van der Waals surface area contributed by atoms with Crippen LogP contribution < -0.4 is 11.1 Å². The van der Waals surface area contributed by atoms with Gasteiger partial charge in [0, 0.05) is 17.8 Å². The van der Waals surface area contributed by atoms with Crippen molar-refractivity contribution in [1.29, 1.82) is 0 Å². The number of primary amides is 1. The molecule has 1 aromatic rings. The molecule has 0 bridgehead atoms. The molecular formula is C13H18N2O2. The third-order valence-corrected chi connectivity index (χ3v) is 3.02. The van der Waals surface area contributed by atoms with Gasteiger partial charge in [0.1, 0.15) is 0 Å². The van der Waals surface area contributed by atoms with E-state index in [-0.39, 0.29) is 0 Å². The first kappa shape index (κ1) is 11.9. The van der Waals surface area contributed by atoms with E-state index in [9.17, 15) is 4.79 Å².